The molecular formula is C27H29NO5. The summed E-state index contributed by atoms with van der Waals surface area (Å²) in [5.41, 5.74) is 6.98. The third-order valence-electron chi connectivity index (χ3n) is 5.34. The molecule has 0 aliphatic carbocycles. The first-order valence-corrected chi connectivity index (χ1v) is 10.9. The molecule has 0 N–H and O–H groups in total. The SMILES string of the molecule is CC(=O)OCCCOc1cc(C)c(-c2cccc(COc3ccc(C=O)cc3)c2C)c(C)n1. The maximum Gasteiger partial charge on any atom is 0.302 e. The molecule has 1 heterocycles. The summed E-state index contributed by atoms with van der Waals surface area (Å²) >= 11 is 0. The topological polar surface area (TPSA) is 74.7 Å². The van der Waals surface area contributed by atoms with Crippen molar-refractivity contribution < 1.29 is 23.8 Å². The Kier molecular flexibility index (Phi) is 8.19. The first-order chi connectivity index (χ1) is 15.9. The van der Waals surface area contributed by atoms with Crippen molar-refractivity contribution in [3.63, 3.8) is 0 Å². The highest BCUT2D eigenvalue weighted by atomic mass is 16.5. The maximum atomic E-state index is 10.8. The molecule has 0 saturated heterocycles. The van der Waals surface area contributed by atoms with E-state index in [0.717, 1.165) is 45.5 Å². The van der Waals surface area contributed by atoms with E-state index in [9.17, 15) is 9.59 Å². The molecule has 3 aromatic rings. The molecule has 0 aliphatic rings. The molecular weight excluding hydrogens is 418 g/mol. The van der Waals surface area contributed by atoms with Gasteiger partial charge in [0.05, 0.1) is 13.2 Å². The number of benzene rings is 2. The molecule has 33 heavy (non-hydrogen) atoms. The van der Waals surface area contributed by atoms with Crippen LogP contribution < -0.4 is 9.47 Å². The van der Waals surface area contributed by atoms with Gasteiger partial charge in [-0.1, -0.05) is 18.2 Å². The molecule has 6 nitrogen and oxygen atoms in total. The number of carbonyl (C=O) groups excluding carboxylic acids is 2. The predicted octanol–water partition coefficient (Wildman–Crippen LogP) is 5.40. The van der Waals surface area contributed by atoms with Crippen LogP contribution in [-0.2, 0) is 16.1 Å². The number of esters is 1. The van der Waals surface area contributed by atoms with Crippen LogP contribution in [0.15, 0.2) is 48.5 Å². The van der Waals surface area contributed by atoms with Crippen molar-refractivity contribution in [3.05, 3.63) is 76.5 Å². The summed E-state index contributed by atoms with van der Waals surface area (Å²) in [7, 11) is 0. The zero-order chi connectivity index (χ0) is 23.8. The lowest BCUT2D eigenvalue weighted by Crippen LogP contribution is -2.07. The minimum Gasteiger partial charge on any atom is -0.489 e. The number of aldehydes is 1. The second kappa shape index (κ2) is 11.3. The number of nitrogens with zero attached hydrogens (tertiary/aromatic N) is 1. The Hall–Kier alpha value is -3.67. The third-order valence-corrected chi connectivity index (χ3v) is 5.34. The number of hydrogen-bond acceptors (Lipinski definition) is 6. The molecule has 0 bridgehead atoms. The van der Waals surface area contributed by atoms with E-state index < -0.39 is 0 Å². The van der Waals surface area contributed by atoms with Gasteiger partial charge >= 0.3 is 5.97 Å². The lowest BCUT2D eigenvalue weighted by Gasteiger charge is -2.17. The number of pyridine rings is 1. The Balaban J connectivity index is 1.73. The zero-order valence-corrected chi connectivity index (χ0v) is 19.5. The molecule has 0 fully saturated rings. The van der Waals surface area contributed by atoms with E-state index in [0.29, 0.717) is 37.7 Å². The molecule has 172 valence electrons. The first kappa shape index (κ1) is 24.0. The van der Waals surface area contributed by atoms with Crippen LogP contribution in [0.25, 0.3) is 11.1 Å². The number of aryl methyl sites for hydroxylation is 2. The second-order valence-corrected chi connectivity index (χ2v) is 7.85. The van der Waals surface area contributed by atoms with E-state index in [-0.39, 0.29) is 5.97 Å². The molecule has 0 radical (unpaired) electrons. The van der Waals surface area contributed by atoms with Crippen molar-refractivity contribution in [1.29, 1.82) is 0 Å². The molecule has 6 heteroatoms. The van der Waals surface area contributed by atoms with Crippen LogP contribution in [0.1, 0.15) is 46.1 Å². The van der Waals surface area contributed by atoms with Crippen LogP contribution in [-0.4, -0.2) is 30.5 Å². The van der Waals surface area contributed by atoms with E-state index in [1.54, 1.807) is 24.3 Å². The summed E-state index contributed by atoms with van der Waals surface area (Å²) in [5.74, 6) is 0.991. The number of hydrogen-bond donors (Lipinski definition) is 0. The average Bonchev–Trinajstić information content (AvgIpc) is 2.79. The standard InChI is InChI=1S/C27H29NO5/c1-18-15-26(32-14-6-13-31-21(4)30)28-20(3)27(18)25-8-5-7-23(19(25)2)17-33-24-11-9-22(16-29)10-12-24/h5,7-12,15-16H,6,13-14,17H2,1-4H3. The average molecular weight is 448 g/mol. The lowest BCUT2D eigenvalue weighted by molar-refractivity contribution is -0.141. The summed E-state index contributed by atoms with van der Waals surface area (Å²) in [6.45, 7) is 8.69. The van der Waals surface area contributed by atoms with Crippen LogP contribution in [0, 0.1) is 20.8 Å². The normalized spacial score (nSPS) is 10.5. The van der Waals surface area contributed by atoms with Crippen LogP contribution >= 0.6 is 0 Å². The third kappa shape index (κ3) is 6.42. The quantitative estimate of drug-likeness (QED) is 0.235. The molecule has 0 spiro atoms. The molecule has 1 aromatic heterocycles. The van der Waals surface area contributed by atoms with Crippen molar-refractivity contribution in [2.45, 2.75) is 40.7 Å². The van der Waals surface area contributed by atoms with Gasteiger partial charge in [-0.05, 0) is 67.3 Å². The summed E-state index contributed by atoms with van der Waals surface area (Å²) < 4.78 is 16.6. The molecule has 0 saturated carbocycles. The summed E-state index contributed by atoms with van der Waals surface area (Å²) in [5, 5.41) is 0. The number of ether oxygens (including phenoxy) is 3. The number of aromatic nitrogens is 1. The van der Waals surface area contributed by atoms with Gasteiger partial charge in [0.1, 0.15) is 18.6 Å². The van der Waals surface area contributed by atoms with Gasteiger partial charge in [0.15, 0.2) is 0 Å². The second-order valence-electron chi connectivity index (χ2n) is 7.85. The zero-order valence-electron chi connectivity index (χ0n) is 19.5. The first-order valence-electron chi connectivity index (χ1n) is 10.9. The Morgan fingerprint density at radius 3 is 2.42 bits per heavy atom. The summed E-state index contributed by atoms with van der Waals surface area (Å²) in [6.07, 6.45) is 1.43. The minimum absolute atomic E-state index is 0.289. The van der Waals surface area contributed by atoms with Gasteiger partial charge in [0, 0.05) is 36.2 Å². The number of carbonyl (C=O) groups is 2. The van der Waals surface area contributed by atoms with Gasteiger partial charge in [-0.25, -0.2) is 4.98 Å². The molecule has 0 atom stereocenters. The molecule has 0 amide bonds. The molecule has 2 aromatic carbocycles. The largest absolute Gasteiger partial charge is 0.489 e. The van der Waals surface area contributed by atoms with E-state index in [2.05, 4.69) is 24.0 Å². The van der Waals surface area contributed by atoms with Crippen molar-refractivity contribution in [2.75, 3.05) is 13.2 Å². The highest BCUT2D eigenvalue weighted by molar-refractivity contribution is 5.75. The smallest absolute Gasteiger partial charge is 0.302 e. The van der Waals surface area contributed by atoms with Gasteiger partial charge in [0.25, 0.3) is 0 Å². The maximum absolute atomic E-state index is 10.8. The highest BCUT2D eigenvalue weighted by Gasteiger charge is 2.14. The highest BCUT2D eigenvalue weighted by Crippen LogP contribution is 2.33. The minimum atomic E-state index is -0.289. The van der Waals surface area contributed by atoms with E-state index in [1.807, 2.05) is 26.0 Å². The fraction of sp³-hybridized carbons (Fsp3) is 0.296. The summed E-state index contributed by atoms with van der Waals surface area (Å²) in [6, 6.07) is 15.2. The molecule has 0 aliphatic heterocycles. The van der Waals surface area contributed by atoms with Gasteiger partial charge in [-0.2, -0.15) is 0 Å². The molecule has 3 rings (SSSR count). The lowest BCUT2D eigenvalue weighted by atomic mass is 9.93. The van der Waals surface area contributed by atoms with E-state index in [1.165, 1.54) is 6.92 Å². The Morgan fingerprint density at radius 2 is 1.76 bits per heavy atom. The van der Waals surface area contributed by atoms with Crippen LogP contribution in [0.4, 0.5) is 0 Å². The van der Waals surface area contributed by atoms with Crippen molar-refractivity contribution >= 4 is 12.3 Å². The van der Waals surface area contributed by atoms with Crippen LogP contribution in [0.5, 0.6) is 11.6 Å². The van der Waals surface area contributed by atoms with Gasteiger partial charge in [-0.15, -0.1) is 0 Å². The van der Waals surface area contributed by atoms with Crippen LogP contribution in [0.3, 0.4) is 0 Å². The van der Waals surface area contributed by atoms with Gasteiger partial charge < -0.3 is 14.2 Å². The van der Waals surface area contributed by atoms with Crippen molar-refractivity contribution in [2.24, 2.45) is 0 Å². The fourth-order valence-electron chi connectivity index (χ4n) is 3.64. The Morgan fingerprint density at radius 1 is 1.00 bits per heavy atom. The Bertz CT molecular complexity index is 1100. The van der Waals surface area contributed by atoms with Crippen molar-refractivity contribution in [1.82, 2.24) is 4.98 Å². The fourth-order valence-corrected chi connectivity index (χ4v) is 3.64. The van der Waals surface area contributed by atoms with E-state index in [4.69, 9.17) is 14.2 Å². The predicted molar refractivity (Wildman–Crippen MR) is 127 cm³/mol. The Labute approximate surface area is 194 Å². The summed E-state index contributed by atoms with van der Waals surface area (Å²) in [4.78, 5) is 26.3. The monoisotopic (exact) mass is 447 g/mol. The number of rotatable bonds is 10. The van der Waals surface area contributed by atoms with Gasteiger partial charge in [-0.3, -0.25) is 9.59 Å². The van der Waals surface area contributed by atoms with Crippen LogP contribution in [0.2, 0.25) is 0 Å². The van der Waals surface area contributed by atoms with E-state index >= 15 is 0 Å². The van der Waals surface area contributed by atoms with Crippen molar-refractivity contribution in [3.8, 4) is 22.8 Å². The molecule has 0 unspecified atom stereocenters. The van der Waals surface area contributed by atoms with Gasteiger partial charge in [0.2, 0.25) is 5.88 Å².